The fourth-order valence-corrected chi connectivity index (χ4v) is 5.78. The molecule has 3 aromatic rings. The number of nitrogens with one attached hydrogen (secondary N) is 1. The Kier molecular flexibility index (Phi) is 11.0. The zero-order valence-corrected chi connectivity index (χ0v) is 24.8. The monoisotopic (exact) mass is 585 g/mol. The summed E-state index contributed by atoms with van der Waals surface area (Å²) in [6.45, 7) is 7.82. The summed E-state index contributed by atoms with van der Waals surface area (Å²) in [6.07, 6.45) is 0.349. The maximum absolute atomic E-state index is 14.0. The van der Waals surface area contributed by atoms with Crippen molar-refractivity contribution in [1.82, 2.24) is 10.2 Å². The molecule has 0 heterocycles. The molecule has 0 aliphatic rings. The van der Waals surface area contributed by atoms with E-state index in [9.17, 15) is 18.0 Å². The zero-order chi connectivity index (χ0) is 29.3. The van der Waals surface area contributed by atoms with Crippen molar-refractivity contribution < 1.29 is 22.7 Å². The van der Waals surface area contributed by atoms with Crippen LogP contribution in [0.15, 0.2) is 77.7 Å². The van der Waals surface area contributed by atoms with Gasteiger partial charge in [-0.25, -0.2) is 8.42 Å². The van der Waals surface area contributed by atoms with Crippen molar-refractivity contribution >= 4 is 39.1 Å². The van der Waals surface area contributed by atoms with Gasteiger partial charge in [-0.2, -0.15) is 0 Å². The van der Waals surface area contributed by atoms with Crippen LogP contribution in [0.5, 0.6) is 5.75 Å². The van der Waals surface area contributed by atoms with Crippen molar-refractivity contribution in [2.24, 2.45) is 0 Å². The normalized spacial score (nSPS) is 11.9. The molecule has 3 rings (SSSR count). The summed E-state index contributed by atoms with van der Waals surface area (Å²) in [5, 5.41) is 3.34. The summed E-state index contributed by atoms with van der Waals surface area (Å²) < 4.78 is 34.4. The molecule has 0 unspecified atom stereocenters. The molecule has 0 bridgehead atoms. The maximum Gasteiger partial charge on any atom is 0.264 e. The molecular weight excluding hydrogens is 550 g/mol. The molecule has 214 valence electrons. The highest BCUT2D eigenvalue weighted by molar-refractivity contribution is 7.92. The van der Waals surface area contributed by atoms with Crippen LogP contribution in [0.2, 0.25) is 5.02 Å². The van der Waals surface area contributed by atoms with Crippen LogP contribution in [-0.4, -0.2) is 50.9 Å². The van der Waals surface area contributed by atoms with Crippen molar-refractivity contribution in [3.63, 3.8) is 0 Å². The van der Waals surface area contributed by atoms with Gasteiger partial charge in [0.25, 0.3) is 10.0 Å². The third kappa shape index (κ3) is 7.76. The molecule has 0 fully saturated rings. The van der Waals surface area contributed by atoms with Crippen LogP contribution in [-0.2, 0) is 26.2 Å². The Bertz CT molecular complexity index is 1380. The Morgan fingerprint density at radius 3 is 2.10 bits per heavy atom. The van der Waals surface area contributed by atoms with Gasteiger partial charge in [-0.1, -0.05) is 48.4 Å². The van der Waals surface area contributed by atoms with E-state index >= 15 is 0 Å². The molecule has 1 N–H and O–H groups in total. The number of carbonyl (C=O) groups is 2. The number of hydrogen-bond donors (Lipinski definition) is 1. The topological polar surface area (TPSA) is 96.0 Å². The Hall–Kier alpha value is -3.56. The van der Waals surface area contributed by atoms with E-state index in [0.717, 1.165) is 15.4 Å². The first-order valence-electron chi connectivity index (χ1n) is 13.2. The van der Waals surface area contributed by atoms with Crippen LogP contribution in [0.25, 0.3) is 0 Å². The zero-order valence-electron chi connectivity index (χ0n) is 23.3. The molecule has 8 nitrogen and oxygen atoms in total. The fraction of sp³-hybridized carbons (Fsp3) is 0.333. The number of carbonyl (C=O) groups excluding carboxylic acids is 2. The Labute approximate surface area is 241 Å². The predicted octanol–water partition coefficient (Wildman–Crippen LogP) is 5.19. The van der Waals surface area contributed by atoms with Crippen molar-refractivity contribution in [3.8, 4) is 5.75 Å². The van der Waals surface area contributed by atoms with E-state index in [-0.39, 0.29) is 17.3 Å². The number of aryl methyl sites for hydroxylation is 1. The molecule has 0 aliphatic carbocycles. The highest BCUT2D eigenvalue weighted by Crippen LogP contribution is 2.26. The van der Waals surface area contributed by atoms with E-state index in [0.29, 0.717) is 36.0 Å². The molecule has 0 aromatic heterocycles. The third-order valence-corrected chi connectivity index (χ3v) is 8.37. The lowest BCUT2D eigenvalue weighted by Gasteiger charge is -2.33. The molecule has 0 saturated carbocycles. The van der Waals surface area contributed by atoms with Gasteiger partial charge in [0.2, 0.25) is 11.8 Å². The van der Waals surface area contributed by atoms with Crippen LogP contribution in [0.3, 0.4) is 0 Å². The van der Waals surface area contributed by atoms with Crippen molar-refractivity contribution in [1.29, 1.82) is 0 Å². The van der Waals surface area contributed by atoms with E-state index in [1.54, 1.807) is 67.6 Å². The van der Waals surface area contributed by atoms with Crippen LogP contribution in [0.1, 0.15) is 38.3 Å². The molecule has 0 radical (unpaired) electrons. The molecule has 1 atom stereocenters. The highest BCUT2D eigenvalue weighted by atomic mass is 35.5. The molecular formula is C30H36ClN3O5S. The minimum atomic E-state index is -4.16. The highest BCUT2D eigenvalue weighted by Gasteiger charge is 2.33. The van der Waals surface area contributed by atoms with Crippen LogP contribution < -0.4 is 14.4 Å². The van der Waals surface area contributed by atoms with Crippen LogP contribution in [0, 0.1) is 6.92 Å². The van der Waals surface area contributed by atoms with Gasteiger partial charge in [0.05, 0.1) is 17.2 Å². The summed E-state index contributed by atoms with van der Waals surface area (Å²) in [4.78, 5) is 28.4. The van der Waals surface area contributed by atoms with Gasteiger partial charge < -0.3 is 15.0 Å². The van der Waals surface area contributed by atoms with Gasteiger partial charge in [-0.3, -0.25) is 13.9 Å². The minimum Gasteiger partial charge on any atom is -0.494 e. The molecule has 40 heavy (non-hydrogen) atoms. The van der Waals surface area contributed by atoms with Crippen molar-refractivity contribution in [2.75, 3.05) is 24.0 Å². The summed E-state index contributed by atoms with van der Waals surface area (Å²) >= 11 is 6.05. The first kappa shape index (κ1) is 31.0. The van der Waals surface area contributed by atoms with Crippen LogP contribution in [0.4, 0.5) is 5.69 Å². The number of halogens is 1. The lowest BCUT2D eigenvalue weighted by Crippen LogP contribution is -2.52. The average Bonchev–Trinajstić information content (AvgIpc) is 2.93. The maximum atomic E-state index is 14.0. The largest absolute Gasteiger partial charge is 0.494 e. The van der Waals surface area contributed by atoms with Gasteiger partial charge in [0.1, 0.15) is 18.3 Å². The summed E-state index contributed by atoms with van der Waals surface area (Å²) in [6, 6.07) is 19.2. The Morgan fingerprint density at radius 2 is 1.55 bits per heavy atom. The summed E-state index contributed by atoms with van der Waals surface area (Å²) in [5.74, 6) is -0.270. The molecule has 0 saturated heterocycles. The summed E-state index contributed by atoms with van der Waals surface area (Å²) in [5.41, 5.74) is 2.04. The van der Waals surface area contributed by atoms with E-state index < -0.39 is 28.5 Å². The fourth-order valence-electron chi connectivity index (χ4n) is 4.24. The molecule has 0 spiro atoms. The van der Waals surface area contributed by atoms with Gasteiger partial charge >= 0.3 is 0 Å². The number of benzene rings is 3. The van der Waals surface area contributed by atoms with Crippen LogP contribution >= 0.6 is 11.6 Å². The lowest BCUT2D eigenvalue weighted by atomic mass is 10.1. The average molecular weight is 586 g/mol. The first-order valence-corrected chi connectivity index (χ1v) is 15.1. The molecule has 0 aliphatic heterocycles. The van der Waals surface area contributed by atoms with E-state index in [1.165, 1.54) is 17.0 Å². The third-order valence-electron chi connectivity index (χ3n) is 6.33. The quantitative estimate of drug-likeness (QED) is 0.298. The number of sulfonamides is 1. The number of anilines is 1. The molecule has 2 amide bonds. The Balaban J connectivity index is 2.04. The number of rotatable bonds is 13. The van der Waals surface area contributed by atoms with Gasteiger partial charge in [-0.15, -0.1) is 0 Å². The predicted molar refractivity (Wildman–Crippen MR) is 158 cm³/mol. The number of amides is 2. The van der Waals surface area contributed by atoms with Crippen molar-refractivity contribution in [2.45, 2.75) is 51.6 Å². The van der Waals surface area contributed by atoms with E-state index in [2.05, 4.69) is 5.32 Å². The minimum absolute atomic E-state index is 0.0179. The number of nitrogens with zero attached hydrogens (tertiary/aromatic N) is 2. The van der Waals surface area contributed by atoms with Gasteiger partial charge in [0.15, 0.2) is 0 Å². The van der Waals surface area contributed by atoms with Gasteiger partial charge in [-0.05, 0) is 81.3 Å². The number of ether oxygens (including phenoxy) is 1. The summed E-state index contributed by atoms with van der Waals surface area (Å²) in [7, 11) is -4.16. The van der Waals surface area contributed by atoms with E-state index in [4.69, 9.17) is 16.3 Å². The second-order valence-corrected chi connectivity index (χ2v) is 11.5. The van der Waals surface area contributed by atoms with E-state index in [1.807, 2.05) is 20.8 Å². The molecule has 3 aromatic carbocycles. The molecule has 10 heteroatoms. The Morgan fingerprint density at radius 1 is 0.925 bits per heavy atom. The number of hydrogen-bond acceptors (Lipinski definition) is 5. The number of likely N-dealkylation sites (N-methyl/N-ethyl adjacent to an activating group) is 1. The lowest BCUT2D eigenvalue weighted by molar-refractivity contribution is -0.140. The standard InChI is InChI=1S/C30H36ClN3O5S/c1-5-28(30(36)32-6-2)33(20-23-10-12-24(31)13-11-23)29(35)21-34(25-14-8-22(4)9-15-25)40(37,38)27-18-16-26(17-19-27)39-7-3/h8-19,28H,5-7,20-21H2,1-4H3,(H,32,36)/t28-/m1/s1. The van der Waals surface area contributed by atoms with Crippen molar-refractivity contribution in [3.05, 3.63) is 88.9 Å². The van der Waals surface area contributed by atoms with Gasteiger partial charge in [0, 0.05) is 18.1 Å². The second kappa shape index (κ2) is 14.2. The first-order chi connectivity index (χ1) is 19.1. The second-order valence-electron chi connectivity index (χ2n) is 9.22. The SMILES string of the molecule is CCNC(=O)[C@@H](CC)N(Cc1ccc(Cl)cc1)C(=O)CN(c1ccc(C)cc1)S(=O)(=O)c1ccc(OCC)cc1. The smallest absolute Gasteiger partial charge is 0.264 e.